The first-order valence-corrected chi connectivity index (χ1v) is 6.59. The molecule has 19 heavy (non-hydrogen) atoms. The van der Waals surface area contributed by atoms with E-state index in [0.29, 0.717) is 5.69 Å². The van der Waals surface area contributed by atoms with Crippen LogP contribution in [0.2, 0.25) is 9.49 Å². The van der Waals surface area contributed by atoms with Gasteiger partial charge in [0.05, 0.1) is 0 Å². The Labute approximate surface area is 122 Å². The van der Waals surface area contributed by atoms with Crippen LogP contribution >= 0.6 is 34.7 Å². The summed E-state index contributed by atoms with van der Waals surface area (Å²) in [6, 6.07) is 8.04. The van der Waals surface area contributed by atoms with Crippen molar-refractivity contribution in [3.63, 3.8) is 0 Å². The van der Waals surface area contributed by atoms with E-state index in [1.54, 1.807) is 24.3 Å². The minimum Gasteiger partial charge on any atom is -0.308 e. The highest BCUT2D eigenvalue weighted by atomic mass is 35.5. The van der Waals surface area contributed by atoms with Gasteiger partial charge in [0.1, 0.15) is 9.90 Å². The van der Waals surface area contributed by atoms with Gasteiger partial charge in [0.15, 0.2) is 5.15 Å². The number of hydrogen-bond acceptors (Lipinski definition) is 4. The SMILES string of the molecule is O=C(NC(=O)c1c(Cl)nsc1Cl)Nc1ccccc1. The summed E-state index contributed by atoms with van der Waals surface area (Å²) < 4.78 is 3.85. The zero-order valence-electron chi connectivity index (χ0n) is 9.31. The molecule has 0 aliphatic carbocycles. The third-order valence-electron chi connectivity index (χ3n) is 2.09. The number of nitrogens with one attached hydrogen (secondary N) is 2. The van der Waals surface area contributed by atoms with E-state index in [-0.39, 0.29) is 15.1 Å². The predicted molar refractivity (Wildman–Crippen MR) is 75.1 cm³/mol. The number of carbonyl (C=O) groups is 2. The van der Waals surface area contributed by atoms with Crippen LogP contribution in [0, 0.1) is 0 Å². The number of nitrogens with zero attached hydrogens (tertiary/aromatic N) is 1. The highest BCUT2D eigenvalue weighted by Gasteiger charge is 2.20. The Bertz CT molecular complexity index is 596. The van der Waals surface area contributed by atoms with Crippen LogP contribution < -0.4 is 10.6 Å². The van der Waals surface area contributed by atoms with Crippen molar-refractivity contribution in [2.75, 3.05) is 5.32 Å². The number of rotatable bonds is 2. The minimum atomic E-state index is -0.697. The van der Waals surface area contributed by atoms with Crippen LogP contribution in [0.15, 0.2) is 30.3 Å². The van der Waals surface area contributed by atoms with E-state index in [2.05, 4.69) is 15.0 Å². The van der Waals surface area contributed by atoms with Crippen molar-refractivity contribution in [1.82, 2.24) is 9.69 Å². The van der Waals surface area contributed by atoms with Gasteiger partial charge in [-0.15, -0.1) is 0 Å². The topological polar surface area (TPSA) is 71.1 Å². The maximum atomic E-state index is 11.8. The van der Waals surface area contributed by atoms with Gasteiger partial charge in [0.2, 0.25) is 0 Å². The second-order valence-corrected chi connectivity index (χ2v) is 5.13. The number of aromatic nitrogens is 1. The van der Waals surface area contributed by atoms with E-state index >= 15 is 0 Å². The average molecular weight is 316 g/mol. The lowest BCUT2D eigenvalue weighted by Crippen LogP contribution is -2.34. The Balaban J connectivity index is 2.02. The molecule has 0 unspecified atom stereocenters. The molecule has 98 valence electrons. The van der Waals surface area contributed by atoms with Crippen LogP contribution in [0.5, 0.6) is 0 Å². The Hall–Kier alpha value is -1.63. The molecule has 1 heterocycles. The Kier molecular flexibility index (Phi) is 4.36. The summed E-state index contributed by atoms with van der Waals surface area (Å²) in [5.41, 5.74) is 0.560. The number of para-hydroxylation sites is 1. The lowest BCUT2D eigenvalue weighted by Gasteiger charge is -2.05. The summed E-state index contributed by atoms with van der Waals surface area (Å²) in [5, 5.41) is 4.59. The molecule has 0 aliphatic rings. The molecule has 0 saturated heterocycles. The number of urea groups is 1. The third-order valence-corrected chi connectivity index (χ3v) is 3.50. The lowest BCUT2D eigenvalue weighted by atomic mass is 10.3. The van der Waals surface area contributed by atoms with Crippen LogP contribution in [0.25, 0.3) is 0 Å². The minimum absolute atomic E-state index is 0.00320. The number of halogens is 2. The summed E-state index contributed by atoms with van der Waals surface area (Å²) in [6.07, 6.45) is 0. The van der Waals surface area contributed by atoms with Crippen molar-refractivity contribution in [3.8, 4) is 0 Å². The van der Waals surface area contributed by atoms with Gasteiger partial charge in [-0.05, 0) is 23.7 Å². The van der Waals surface area contributed by atoms with E-state index in [9.17, 15) is 9.59 Å². The number of carbonyl (C=O) groups excluding carboxylic acids is 2. The van der Waals surface area contributed by atoms with Gasteiger partial charge in [-0.25, -0.2) is 4.79 Å². The standard InChI is InChI=1S/C11H7Cl2N3O2S/c12-8-7(9(13)19-16-8)10(17)15-11(18)14-6-4-2-1-3-5-6/h1-5H,(H2,14,15,17,18). The molecule has 1 aromatic carbocycles. The zero-order chi connectivity index (χ0) is 13.8. The fourth-order valence-electron chi connectivity index (χ4n) is 1.28. The maximum absolute atomic E-state index is 11.8. The molecule has 1 aromatic heterocycles. The van der Waals surface area contributed by atoms with E-state index in [1.165, 1.54) is 0 Å². The number of imide groups is 1. The molecule has 2 aromatic rings. The van der Waals surface area contributed by atoms with Crippen molar-refractivity contribution in [1.29, 1.82) is 0 Å². The predicted octanol–water partition coefficient (Wildman–Crippen LogP) is 3.41. The van der Waals surface area contributed by atoms with Crippen LogP contribution in [0.1, 0.15) is 10.4 Å². The molecule has 0 radical (unpaired) electrons. The smallest absolute Gasteiger partial charge is 0.308 e. The third kappa shape index (κ3) is 3.44. The molecule has 0 aliphatic heterocycles. The Morgan fingerprint density at radius 1 is 1.16 bits per heavy atom. The number of anilines is 1. The van der Waals surface area contributed by atoms with Crippen LogP contribution in [-0.2, 0) is 0 Å². The second-order valence-electron chi connectivity index (χ2n) is 3.40. The molecule has 2 rings (SSSR count). The van der Waals surface area contributed by atoms with Gasteiger partial charge in [-0.2, -0.15) is 4.37 Å². The van der Waals surface area contributed by atoms with Crippen LogP contribution in [-0.4, -0.2) is 16.3 Å². The summed E-state index contributed by atoms with van der Waals surface area (Å²) in [4.78, 5) is 23.4. The first-order valence-electron chi connectivity index (χ1n) is 5.06. The largest absolute Gasteiger partial charge is 0.326 e. The average Bonchev–Trinajstić information content (AvgIpc) is 2.70. The number of hydrogen-bond donors (Lipinski definition) is 2. The summed E-state index contributed by atoms with van der Waals surface area (Å²) in [7, 11) is 0. The number of benzene rings is 1. The molecule has 2 N–H and O–H groups in total. The lowest BCUT2D eigenvalue weighted by molar-refractivity contribution is 0.0967. The first-order chi connectivity index (χ1) is 9.08. The van der Waals surface area contributed by atoms with Gasteiger partial charge >= 0.3 is 6.03 Å². The molecular weight excluding hydrogens is 309 g/mol. The summed E-state index contributed by atoms with van der Waals surface area (Å²) in [6.45, 7) is 0. The molecule has 0 saturated carbocycles. The molecule has 0 bridgehead atoms. The van der Waals surface area contributed by atoms with Crippen LogP contribution in [0.3, 0.4) is 0 Å². The zero-order valence-corrected chi connectivity index (χ0v) is 11.6. The summed E-state index contributed by atoms with van der Waals surface area (Å²) in [5.74, 6) is -0.697. The highest BCUT2D eigenvalue weighted by molar-refractivity contribution is 7.11. The maximum Gasteiger partial charge on any atom is 0.326 e. The molecule has 3 amide bonds. The van der Waals surface area contributed by atoms with E-state index in [0.717, 1.165) is 11.5 Å². The molecule has 8 heteroatoms. The molecule has 5 nitrogen and oxygen atoms in total. The van der Waals surface area contributed by atoms with Gasteiger partial charge in [0.25, 0.3) is 5.91 Å². The van der Waals surface area contributed by atoms with Gasteiger partial charge in [-0.3, -0.25) is 10.1 Å². The quantitative estimate of drug-likeness (QED) is 0.892. The molecule has 0 spiro atoms. The first kappa shape index (κ1) is 13.8. The molecule has 0 atom stereocenters. The highest BCUT2D eigenvalue weighted by Crippen LogP contribution is 2.27. The van der Waals surface area contributed by atoms with Gasteiger partial charge in [-0.1, -0.05) is 41.4 Å². The Morgan fingerprint density at radius 3 is 2.42 bits per heavy atom. The van der Waals surface area contributed by atoms with Crippen molar-refractivity contribution in [2.45, 2.75) is 0 Å². The van der Waals surface area contributed by atoms with Crippen LogP contribution in [0.4, 0.5) is 10.5 Å². The van der Waals surface area contributed by atoms with Crippen molar-refractivity contribution in [3.05, 3.63) is 45.4 Å². The van der Waals surface area contributed by atoms with Gasteiger partial charge < -0.3 is 5.32 Å². The van der Waals surface area contributed by atoms with Crippen molar-refractivity contribution < 1.29 is 9.59 Å². The van der Waals surface area contributed by atoms with E-state index < -0.39 is 11.9 Å². The summed E-state index contributed by atoms with van der Waals surface area (Å²) >= 11 is 12.3. The van der Waals surface area contributed by atoms with E-state index in [4.69, 9.17) is 23.2 Å². The van der Waals surface area contributed by atoms with Gasteiger partial charge in [0, 0.05) is 5.69 Å². The van der Waals surface area contributed by atoms with Crippen molar-refractivity contribution in [2.24, 2.45) is 0 Å². The number of amides is 3. The fourth-order valence-corrected chi connectivity index (χ4v) is 2.48. The Morgan fingerprint density at radius 2 is 1.84 bits per heavy atom. The van der Waals surface area contributed by atoms with Crippen molar-refractivity contribution >= 4 is 52.4 Å². The fraction of sp³-hybridized carbons (Fsp3) is 0. The molecular formula is C11H7Cl2N3O2S. The second kappa shape index (κ2) is 6.01. The van der Waals surface area contributed by atoms with E-state index in [1.807, 2.05) is 6.07 Å². The molecule has 0 fully saturated rings. The monoisotopic (exact) mass is 315 g/mol. The normalized spacial score (nSPS) is 10.0.